The van der Waals surface area contributed by atoms with E-state index in [2.05, 4.69) is 0 Å². The third kappa shape index (κ3) is 3.50. The molecule has 1 heterocycles. The summed E-state index contributed by atoms with van der Waals surface area (Å²) < 4.78 is 33.5. The topological polar surface area (TPSA) is 74.7 Å². The van der Waals surface area contributed by atoms with Crippen LogP contribution in [0, 0.1) is 13.8 Å². The Bertz CT molecular complexity index is 942. The van der Waals surface area contributed by atoms with Crippen molar-refractivity contribution in [3.8, 4) is 0 Å². The van der Waals surface area contributed by atoms with Gasteiger partial charge in [0.05, 0.1) is 0 Å². The zero-order chi connectivity index (χ0) is 18.2. The van der Waals surface area contributed by atoms with Gasteiger partial charge in [0.1, 0.15) is 0 Å². The molecule has 0 aromatic heterocycles. The van der Waals surface area contributed by atoms with Crippen molar-refractivity contribution in [3.05, 3.63) is 70.1 Å². The molecule has 1 amide bonds. The standard InChI is InChI=1S/C19H19NO4S/c1-13-3-7-15(8-4-13)17-11-12-20(16-9-5-14(2)6-10-16)19(21)18(17)25(22,23)24/h3-10H,11-12H2,1-2H3,(H,22,23,24). The van der Waals surface area contributed by atoms with Crippen LogP contribution < -0.4 is 4.90 Å². The average molecular weight is 357 g/mol. The Labute approximate surface area is 147 Å². The van der Waals surface area contributed by atoms with Gasteiger partial charge in [0, 0.05) is 12.2 Å². The highest BCUT2D eigenvalue weighted by Crippen LogP contribution is 2.33. The second-order valence-electron chi connectivity index (χ2n) is 6.19. The van der Waals surface area contributed by atoms with Crippen LogP contribution in [0.4, 0.5) is 5.69 Å². The molecule has 1 N–H and O–H groups in total. The van der Waals surface area contributed by atoms with E-state index in [1.807, 2.05) is 38.1 Å². The van der Waals surface area contributed by atoms with Crippen LogP contribution >= 0.6 is 0 Å². The van der Waals surface area contributed by atoms with Gasteiger partial charge in [-0.1, -0.05) is 47.5 Å². The first-order valence-corrected chi connectivity index (χ1v) is 9.37. The van der Waals surface area contributed by atoms with Crippen LogP contribution in [0.3, 0.4) is 0 Å². The van der Waals surface area contributed by atoms with Crippen molar-refractivity contribution in [2.45, 2.75) is 20.3 Å². The van der Waals surface area contributed by atoms with Gasteiger partial charge in [0.15, 0.2) is 4.91 Å². The zero-order valence-electron chi connectivity index (χ0n) is 14.1. The van der Waals surface area contributed by atoms with E-state index in [9.17, 15) is 17.8 Å². The first-order valence-electron chi connectivity index (χ1n) is 7.93. The van der Waals surface area contributed by atoms with E-state index in [1.54, 1.807) is 24.3 Å². The summed E-state index contributed by atoms with van der Waals surface area (Å²) >= 11 is 0. The highest BCUT2D eigenvalue weighted by molar-refractivity contribution is 7.91. The third-order valence-electron chi connectivity index (χ3n) is 4.30. The first-order chi connectivity index (χ1) is 11.8. The molecule has 0 atom stereocenters. The molecule has 0 aliphatic carbocycles. The highest BCUT2D eigenvalue weighted by Gasteiger charge is 2.36. The summed E-state index contributed by atoms with van der Waals surface area (Å²) in [6.45, 7) is 4.21. The fraction of sp³-hybridized carbons (Fsp3) is 0.211. The van der Waals surface area contributed by atoms with Crippen LogP contribution in [0.15, 0.2) is 53.4 Å². The van der Waals surface area contributed by atoms with E-state index in [4.69, 9.17) is 0 Å². The Balaban J connectivity index is 2.10. The number of amides is 1. The number of anilines is 1. The first kappa shape index (κ1) is 17.4. The van der Waals surface area contributed by atoms with Crippen LogP contribution in [-0.2, 0) is 14.9 Å². The van der Waals surface area contributed by atoms with Crippen molar-refractivity contribution in [2.75, 3.05) is 11.4 Å². The second-order valence-corrected chi connectivity index (χ2v) is 7.55. The Hall–Kier alpha value is -2.44. The number of benzene rings is 2. The fourth-order valence-electron chi connectivity index (χ4n) is 2.96. The van der Waals surface area contributed by atoms with Crippen molar-refractivity contribution in [2.24, 2.45) is 0 Å². The Kier molecular flexibility index (Phi) is 4.49. The summed E-state index contributed by atoms with van der Waals surface area (Å²) in [5.74, 6) is -0.701. The lowest BCUT2D eigenvalue weighted by Gasteiger charge is -2.29. The quantitative estimate of drug-likeness (QED) is 0.855. The highest BCUT2D eigenvalue weighted by atomic mass is 32.2. The summed E-state index contributed by atoms with van der Waals surface area (Å²) in [6, 6.07) is 14.5. The molecule has 1 aliphatic heterocycles. The molecule has 6 heteroatoms. The van der Waals surface area contributed by atoms with Gasteiger partial charge in [-0.25, -0.2) is 0 Å². The van der Waals surface area contributed by atoms with Gasteiger partial charge in [-0.3, -0.25) is 9.35 Å². The number of carbonyl (C=O) groups is 1. The van der Waals surface area contributed by atoms with Crippen LogP contribution in [0.25, 0.3) is 5.57 Å². The fourth-order valence-corrected chi connectivity index (χ4v) is 3.82. The summed E-state index contributed by atoms with van der Waals surface area (Å²) in [5, 5.41) is 0. The van der Waals surface area contributed by atoms with E-state index >= 15 is 0 Å². The largest absolute Gasteiger partial charge is 0.307 e. The van der Waals surface area contributed by atoms with Gasteiger partial charge < -0.3 is 4.90 Å². The minimum absolute atomic E-state index is 0.345. The van der Waals surface area contributed by atoms with E-state index in [1.165, 1.54) is 4.90 Å². The molecule has 2 aromatic carbocycles. The predicted molar refractivity (Wildman–Crippen MR) is 97.8 cm³/mol. The summed E-state index contributed by atoms with van der Waals surface area (Å²) in [4.78, 5) is 13.7. The van der Waals surface area contributed by atoms with Crippen molar-refractivity contribution >= 4 is 27.3 Å². The minimum atomic E-state index is -4.64. The molecule has 0 saturated heterocycles. The SMILES string of the molecule is Cc1ccc(C2=C(S(=O)(=O)O)C(=O)N(c3ccc(C)cc3)CC2)cc1. The molecule has 0 spiro atoms. The van der Waals surface area contributed by atoms with Crippen LogP contribution in [0.2, 0.25) is 0 Å². The van der Waals surface area contributed by atoms with Crippen molar-refractivity contribution in [1.29, 1.82) is 0 Å². The summed E-state index contributed by atoms with van der Waals surface area (Å²) in [7, 11) is -4.64. The molecule has 25 heavy (non-hydrogen) atoms. The normalized spacial score (nSPS) is 15.6. The van der Waals surface area contributed by atoms with Crippen LogP contribution in [-0.4, -0.2) is 25.4 Å². The molecule has 0 fully saturated rings. The summed E-state index contributed by atoms with van der Waals surface area (Å²) in [5.41, 5.74) is 3.67. The molecule has 3 rings (SSSR count). The van der Waals surface area contributed by atoms with Crippen molar-refractivity contribution in [3.63, 3.8) is 0 Å². The number of hydrogen-bond donors (Lipinski definition) is 1. The lowest BCUT2D eigenvalue weighted by molar-refractivity contribution is -0.114. The Morgan fingerprint density at radius 2 is 1.44 bits per heavy atom. The average Bonchev–Trinajstić information content (AvgIpc) is 2.55. The van der Waals surface area contributed by atoms with Crippen LogP contribution in [0.5, 0.6) is 0 Å². The lowest BCUT2D eigenvalue weighted by Crippen LogP contribution is -2.39. The monoisotopic (exact) mass is 357 g/mol. The number of nitrogens with zero attached hydrogens (tertiary/aromatic N) is 1. The molecular weight excluding hydrogens is 338 g/mol. The number of rotatable bonds is 3. The zero-order valence-corrected chi connectivity index (χ0v) is 14.9. The predicted octanol–water partition coefficient (Wildman–Crippen LogP) is 3.34. The smallest absolute Gasteiger partial charge is 0.300 e. The molecule has 0 saturated carbocycles. The summed E-state index contributed by atoms with van der Waals surface area (Å²) in [6.07, 6.45) is 0.345. The van der Waals surface area contributed by atoms with Gasteiger partial charge in [0.25, 0.3) is 16.0 Å². The third-order valence-corrected chi connectivity index (χ3v) is 5.24. The molecule has 0 unspecified atom stereocenters. The second kappa shape index (κ2) is 6.46. The molecule has 2 aromatic rings. The van der Waals surface area contributed by atoms with E-state index in [-0.39, 0.29) is 0 Å². The number of hydrogen-bond acceptors (Lipinski definition) is 3. The lowest BCUT2D eigenvalue weighted by atomic mass is 9.97. The molecule has 1 aliphatic rings. The molecule has 0 radical (unpaired) electrons. The van der Waals surface area contributed by atoms with Crippen molar-refractivity contribution < 1.29 is 17.8 Å². The Morgan fingerprint density at radius 1 is 0.920 bits per heavy atom. The maximum Gasteiger partial charge on any atom is 0.300 e. The maximum absolute atomic E-state index is 12.8. The van der Waals surface area contributed by atoms with Gasteiger partial charge in [-0.05, 0) is 43.5 Å². The number of aryl methyl sites for hydroxylation is 2. The number of carbonyl (C=O) groups excluding carboxylic acids is 1. The van der Waals surface area contributed by atoms with Crippen molar-refractivity contribution in [1.82, 2.24) is 0 Å². The van der Waals surface area contributed by atoms with Gasteiger partial charge in [0.2, 0.25) is 0 Å². The van der Waals surface area contributed by atoms with E-state index in [0.717, 1.165) is 11.1 Å². The maximum atomic E-state index is 12.8. The minimum Gasteiger partial charge on any atom is -0.307 e. The Morgan fingerprint density at radius 3 is 1.96 bits per heavy atom. The van der Waals surface area contributed by atoms with Gasteiger partial charge in [-0.2, -0.15) is 8.42 Å². The van der Waals surface area contributed by atoms with Gasteiger partial charge >= 0.3 is 0 Å². The van der Waals surface area contributed by atoms with E-state index in [0.29, 0.717) is 29.8 Å². The molecule has 0 bridgehead atoms. The molecule has 5 nitrogen and oxygen atoms in total. The van der Waals surface area contributed by atoms with Gasteiger partial charge in [-0.15, -0.1) is 0 Å². The molecular formula is C19H19NO4S. The molecule has 130 valence electrons. The van der Waals surface area contributed by atoms with Crippen LogP contribution in [0.1, 0.15) is 23.1 Å². The van der Waals surface area contributed by atoms with E-state index < -0.39 is 20.9 Å².